The number of aromatic nitrogens is 3. The minimum Gasteiger partial charge on any atom is -0.308 e. The van der Waals surface area contributed by atoms with E-state index in [1.54, 1.807) is 0 Å². The Balaban J connectivity index is 1.16. The minimum atomic E-state index is -0.0338. The minimum absolute atomic E-state index is 0.0338. The molecule has 1 fully saturated rings. The maximum absolute atomic E-state index is 5.18. The summed E-state index contributed by atoms with van der Waals surface area (Å²) >= 11 is 0. The number of hydrogen-bond donors (Lipinski definition) is 0. The second kappa shape index (κ2) is 12.6. The Morgan fingerprint density at radius 2 is 1.07 bits per heavy atom. The highest BCUT2D eigenvalue weighted by atomic mass is 15.0. The van der Waals surface area contributed by atoms with Crippen LogP contribution in [0.1, 0.15) is 43.2 Å². The Labute approximate surface area is 331 Å². The van der Waals surface area contributed by atoms with Crippen molar-refractivity contribution < 1.29 is 0 Å². The van der Waals surface area contributed by atoms with Gasteiger partial charge in [-0.25, -0.2) is 9.97 Å². The van der Waals surface area contributed by atoms with Crippen molar-refractivity contribution in [3.8, 4) is 50.7 Å². The van der Waals surface area contributed by atoms with Gasteiger partial charge in [-0.1, -0.05) is 165 Å². The first-order chi connectivity index (χ1) is 28.3. The summed E-state index contributed by atoms with van der Waals surface area (Å²) in [6, 6.07) is 64.1. The lowest BCUT2D eigenvalue weighted by atomic mass is 9.67. The van der Waals surface area contributed by atoms with E-state index in [2.05, 4.69) is 168 Å². The van der Waals surface area contributed by atoms with Crippen molar-refractivity contribution in [2.75, 3.05) is 0 Å². The van der Waals surface area contributed by atoms with Crippen LogP contribution in [0.15, 0.2) is 176 Å². The largest absolute Gasteiger partial charge is 0.308 e. The van der Waals surface area contributed by atoms with Crippen LogP contribution in [0.2, 0.25) is 0 Å². The molecule has 0 saturated heterocycles. The van der Waals surface area contributed by atoms with E-state index in [0.717, 1.165) is 39.6 Å². The van der Waals surface area contributed by atoms with E-state index in [1.807, 2.05) is 12.1 Å². The molecule has 270 valence electrons. The Bertz CT molecular complexity index is 3130. The van der Waals surface area contributed by atoms with Crippen molar-refractivity contribution >= 4 is 43.4 Å². The molecule has 0 atom stereocenters. The summed E-state index contributed by atoms with van der Waals surface area (Å²) in [6.45, 7) is 0. The van der Waals surface area contributed by atoms with Crippen LogP contribution < -0.4 is 0 Å². The molecule has 2 heterocycles. The molecule has 0 N–H and O–H groups in total. The zero-order valence-electron chi connectivity index (χ0n) is 31.6. The van der Waals surface area contributed by atoms with E-state index < -0.39 is 0 Å². The molecule has 0 amide bonds. The van der Waals surface area contributed by atoms with Gasteiger partial charge in [0.2, 0.25) is 0 Å². The summed E-state index contributed by atoms with van der Waals surface area (Å²) in [4.78, 5) is 10.4. The van der Waals surface area contributed by atoms with Crippen LogP contribution in [0, 0.1) is 0 Å². The van der Waals surface area contributed by atoms with Gasteiger partial charge in [-0.3, -0.25) is 0 Å². The van der Waals surface area contributed by atoms with E-state index in [-0.39, 0.29) is 5.41 Å². The van der Waals surface area contributed by atoms with Gasteiger partial charge in [0, 0.05) is 44.0 Å². The second-order valence-electron chi connectivity index (χ2n) is 16.0. The predicted octanol–water partition coefficient (Wildman–Crippen LogP) is 14.1. The van der Waals surface area contributed by atoms with E-state index in [4.69, 9.17) is 9.97 Å². The molecule has 0 bridgehead atoms. The molecule has 2 aliphatic rings. The van der Waals surface area contributed by atoms with Crippen molar-refractivity contribution in [1.82, 2.24) is 14.5 Å². The summed E-state index contributed by atoms with van der Waals surface area (Å²) in [5.41, 5.74) is 14.6. The maximum atomic E-state index is 5.18. The lowest BCUT2D eigenvalue weighted by molar-refractivity contribution is 0.354. The predicted molar refractivity (Wildman–Crippen MR) is 237 cm³/mol. The van der Waals surface area contributed by atoms with Crippen LogP contribution in [-0.2, 0) is 5.41 Å². The quantitative estimate of drug-likeness (QED) is 0.181. The molecule has 0 aliphatic heterocycles. The zero-order valence-corrected chi connectivity index (χ0v) is 31.6. The number of nitrogens with zero attached hydrogens (tertiary/aromatic N) is 3. The summed E-state index contributed by atoms with van der Waals surface area (Å²) in [5.74, 6) is 0.720. The number of benzene rings is 8. The third kappa shape index (κ3) is 4.79. The lowest BCUT2D eigenvalue weighted by Gasteiger charge is -2.36. The molecule has 57 heavy (non-hydrogen) atoms. The van der Waals surface area contributed by atoms with Crippen LogP contribution in [0.5, 0.6) is 0 Å². The van der Waals surface area contributed by atoms with Crippen molar-refractivity contribution in [2.24, 2.45) is 0 Å². The fourth-order valence-corrected chi connectivity index (χ4v) is 10.5. The molecular formula is C54H39N3. The first-order valence-electron chi connectivity index (χ1n) is 20.4. The standard InChI is InChI=1S/C54H39N3/c1-4-17-36(18-5-1)46-34-47(37-19-6-2-7-20-37)56-53(55-46)38-26-29-39(30-27-38)57-51-40-21-9-8-16-35(40)28-31-44(51)49-42-23-11-10-22-41(42)48-43-24-12-13-25-45(43)54(50(48)52(49)57)32-14-3-15-33-54/h1-2,4-13,16-31,34H,3,14-15,32-33H2. The molecule has 3 nitrogen and oxygen atoms in total. The normalized spacial score (nSPS) is 14.5. The molecule has 2 aliphatic carbocycles. The molecule has 3 heteroatoms. The summed E-state index contributed by atoms with van der Waals surface area (Å²) in [6.07, 6.45) is 6.12. The molecule has 1 saturated carbocycles. The van der Waals surface area contributed by atoms with Crippen LogP contribution in [0.3, 0.4) is 0 Å². The van der Waals surface area contributed by atoms with Crippen molar-refractivity contribution in [2.45, 2.75) is 37.5 Å². The van der Waals surface area contributed by atoms with Gasteiger partial charge in [0.1, 0.15) is 0 Å². The van der Waals surface area contributed by atoms with Gasteiger partial charge in [0.15, 0.2) is 5.82 Å². The van der Waals surface area contributed by atoms with Gasteiger partial charge in [0.25, 0.3) is 0 Å². The second-order valence-corrected chi connectivity index (χ2v) is 16.0. The van der Waals surface area contributed by atoms with E-state index >= 15 is 0 Å². The van der Waals surface area contributed by atoms with E-state index in [0.29, 0.717) is 0 Å². The average molecular weight is 730 g/mol. The fraction of sp³-hybridized carbons (Fsp3) is 0.111. The first kappa shape index (κ1) is 32.4. The smallest absolute Gasteiger partial charge is 0.160 e. The topological polar surface area (TPSA) is 30.7 Å². The van der Waals surface area contributed by atoms with Gasteiger partial charge in [-0.2, -0.15) is 0 Å². The molecule has 0 radical (unpaired) electrons. The molecule has 0 unspecified atom stereocenters. The average Bonchev–Trinajstić information content (AvgIpc) is 3.78. The highest BCUT2D eigenvalue weighted by molar-refractivity contribution is 6.30. The first-order valence-corrected chi connectivity index (χ1v) is 20.4. The highest BCUT2D eigenvalue weighted by Gasteiger charge is 2.46. The van der Waals surface area contributed by atoms with E-state index in [1.165, 1.54) is 97.7 Å². The summed E-state index contributed by atoms with van der Waals surface area (Å²) in [5, 5.41) is 7.87. The van der Waals surface area contributed by atoms with Gasteiger partial charge in [-0.15, -0.1) is 0 Å². The SMILES string of the molecule is c1ccc(-c2cc(-c3ccccc3)nc(-c3ccc(-n4c5c6c(c7ccccc7c5c5ccc7ccccc7c54)-c4ccccc4C64CCCCC4)cc3)n2)cc1. The van der Waals surface area contributed by atoms with Crippen LogP contribution >= 0.6 is 0 Å². The van der Waals surface area contributed by atoms with Crippen molar-refractivity contribution in [1.29, 1.82) is 0 Å². The fourth-order valence-electron chi connectivity index (χ4n) is 10.5. The monoisotopic (exact) mass is 729 g/mol. The summed E-state index contributed by atoms with van der Waals surface area (Å²) < 4.78 is 2.63. The summed E-state index contributed by atoms with van der Waals surface area (Å²) in [7, 11) is 0. The Hall–Kier alpha value is -6.84. The van der Waals surface area contributed by atoms with E-state index in [9.17, 15) is 0 Å². The third-order valence-electron chi connectivity index (χ3n) is 13.0. The Kier molecular flexibility index (Phi) is 7.16. The Morgan fingerprint density at radius 1 is 0.456 bits per heavy atom. The highest BCUT2D eigenvalue weighted by Crippen LogP contribution is 2.61. The molecule has 1 spiro atoms. The number of fused-ring (bicyclic) bond motifs is 14. The molecule has 10 aromatic rings. The lowest BCUT2D eigenvalue weighted by Crippen LogP contribution is -2.28. The van der Waals surface area contributed by atoms with Gasteiger partial charge >= 0.3 is 0 Å². The third-order valence-corrected chi connectivity index (χ3v) is 13.0. The zero-order chi connectivity index (χ0) is 37.5. The van der Waals surface area contributed by atoms with Gasteiger partial charge in [-0.05, 0) is 81.6 Å². The molecule has 8 aromatic carbocycles. The Morgan fingerprint density at radius 3 is 1.79 bits per heavy atom. The van der Waals surface area contributed by atoms with Gasteiger partial charge in [0.05, 0.1) is 22.4 Å². The van der Waals surface area contributed by atoms with Crippen LogP contribution in [0.25, 0.3) is 94.1 Å². The van der Waals surface area contributed by atoms with Crippen LogP contribution in [-0.4, -0.2) is 14.5 Å². The van der Waals surface area contributed by atoms with Crippen LogP contribution in [0.4, 0.5) is 0 Å². The van der Waals surface area contributed by atoms with Gasteiger partial charge < -0.3 is 4.57 Å². The molecule has 2 aromatic heterocycles. The van der Waals surface area contributed by atoms with Crippen molar-refractivity contribution in [3.05, 3.63) is 187 Å². The maximum Gasteiger partial charge on any atom is 0.160 e. The molecule has 12 rings (SSSR count). The number of rotatable bonds is 4. The molecular weight excluding hydrogens is 691 g/mol. The number of hydrogen-bond acceptors (Lipinski definition) is 2. The van der Waals surface area contributed by atoms with Crippen molar-refractivity contribution in [3.63, 3.8) is 0 Å².